The van der Waals surface area contributed by atoms with E-state index in [-0.39, 0.29) is 12.2 Å². The molecule has 8 nitrogen and oxygen atoms in total. The maximum Gasteiger partial charge on any atom is 0.337 e. The predicted molar refractivity (Wildman–Crippen MR) is 175 cm³/mol. The van der Waals surface area contributed by atoms with E-state index in [1.54, 1.807) is 24.3 Å². The number of carbonyl (C=O) groups excluding carboxylic acids is 2. The summed E-state index contributed by atoms with van der Waals surface area (Å²) in [6.45, 7) is 3.09. The van der Waals surface area contributed by atoms with E-state index in [0.29, 0.717) is 56.2 Å². The van der Waals surface area contributed by atoms with Crippen molar-refractivity contribution in [2.45, 2.75) is 20.1 Å². The largest absolute Gasteiger partial charge is 0.490 e. The molecule has 0 aromatic heterocycles. The van der Waals surface area contributed by atoms with E-state index in [1.165, 1.54) is 25.3 Å². The van der Waals surface area contributed by atoms with Crippen LogP contribution in [0.3, 0.4) is 0 Å². The minimum atomic E-state index is -0.591. The van der Waals surface area contributed by atoms with Crippen LogP contribution in [0.5, 0.6) is 17.2 Å². The fourth-order valence-corrected chi connectivity index (χ4v) is 5.49. The van der Waals surface area contributed by atoms with Gasteiger partial charge in [-0.15, -0.1) is 0 Å². The van der Waals surface area contributed by atoms with Gasteiger partial charge in [-0.2, -0.15) is 5.26 Å². The summed E-state index contributed by atoms with van der Waals surface area (Å²) in [4.78, 5) is 24.4. The van der Waals surface area contributed by atoms with Crippen molar-refractivity contribution in [3.8, 4) is 23.3 Å². The Labute approximate surface area is 272 Å². The Morgan fingerprint density at radius 3 is 2.16 bits per heavy atom. The van der Waals surface area contributed by atoms with Gasteiger partial charge < -0.3 is 24.3 Å². The Kier molecular flexibility index (Phi) is 11.6. The van der Waals surface area contributed by atoms with Crippen LogP contribution >= 0.6 is 31.9 Å². The molecule has 1 N–H and O–H groups in total. The van der Waals surface area contributed by atoms with Crippen molar-refractivity contribution in [3.05, 3.63) is 122 Å². The van der Waals surface area contributed by atoms with Crippen molar-refractivity contribution in [3.63, 3.8) is 0 Å². The molecule has 1 amide bonds. The highest BCUT2D eigenvalue weighted by Crippen LogP contribution is 2.37. The van der Waals surface area contributed by atoms with Gasteiger partial charge in [0.15, 0.2) is 11.5 Å². The number of benzene rings is 4. The first-order chi connectivity index (χ1) is 21.3. The van der Waals surface area contributed by atoms with Crippen LogP contribution in [0.2, 0.25) is 0 Å². The smallest absolute Gasteiger partial charge is 0.337 e. The minimum Gasteiger partial charge on any atom is -0.490 e. The summed E-state index contributed by atoms with van der Waals surface area (Å²) in [5.74, 6) is 0.755. The maximum absolute atomic E-state index is 12.8. The second-order valence-electron chi connectivity index (χ2n) is 9.28. The molecule has 4 aromatic rings. The molecule has 44 heavy (non-hydrogen) atoms. The summed E-state index contributed by atoms with van der Waals surface area (Å²) in [5, 5.41) is 12.3. The number of ether oxygens (including phenoxy) is 4. The van der Waals surface area contributed by atoms with Crippen molar-refractivity contribution in [2.24, 2.45) is 0 Å². The van der Waals surface area contributed by atoms with E-state index in [9.17, 15) is 14.9 Å². The van der Waals surface area contributed by atoms with Crippen LogP contribution in [-0.4, -0.2) is 25.6 Å². The Balaban J connectivity index is 1.43. The van der Waals surface area contributed by atoms with Gasteiger partial charge in [-0.3, -0.25) is 4.79 Å². The van der Waals surface area contributed by atoms with Crippen molar-refractivity contribution < 1.29 is 28.5 Å². The number of halogens is 2. The molecule has 0 unspecified atom stereocenters. The van der Waals surface area contributed by atoms with Crippen LogP contribution in [-0.2, 0) is 22.7 Å². The molecule has 0 fully saturated rings. The third kappa shape index (κ3) is 8.72. The van der Waals surface area contributed by atoms with E-state index in [2.05, 4.69) is 41.9 Å². The molecule has 0 aliphatic carbocycles. The number of nitriles is 1. The second kappa shape index (κ2) is 15.8. The highest BCUT2D eigenvalue weighted by atomic mass is 79.9. The molecule has 0 aliphatic rings. The molecule has 4 rings (SSSR count). The molecule has 0 saturated heterocycles. The lowest BCUT2D eigenvalue weighted by Gasteiger charge is -2.15. The van der Waals surface area contributed by atoms with Crippen molar-refractivity contribution >= 4 is 55.5 Å². The third-order valence-corrected chi connectivity index (χ3v) is 7.37. The quantitative estimate of drug-likeness (QED) is 0.0896. The van der Waals surface area contributed by atoms with E-state index in [4.69, 9.17) is 14.2 Å². The molecule has 0 heterocycles. The van der Waals surface area contributed by atoms with Gasteiger partial charge in [0.05, 0.1) is 28.2 Å². The number of methoxy groups -OCH3 is 1. The molecule has 0 radical (unpaired) electrons. The number of hydrogen-bond donors (Lipinski definition) is 1. The first kappa shape index (κ1) is 32.3. The summed E-state index contributed by atoms with van der Waals surface area (Å²) in [5.41, 5.74) is 3.21. The van der Waals surface area contributed by atoms with Crippen LogP contribution in [0.15, 0.2) is 99.4 Å². The normalized spacial score (nSPS) is 10.8. The molecule has 4 aromatic carbocycles. The summed E-state index contributed by atoms with van der Waals surface area (Å²) < 4.78 is 23.9. The SMILES string of the molecule is CCOc1cc(COc2c(Br)cc(/C=C(/C#N)C(=O)Nc3ccc(C(=O)OC)cc3)cc2Br)ccc1OCc1ccccc1. The molecule has 0 aliphatic heterocycles. The average molecular weight is 720 g/mol. The standard InChI is InChI=1S/C34H28Br2N2O6/c1-3-42-31-18-23(9-14-30(31)43-20-22-7-5-4-6-8-22)21-44-32-28(35)16-24(17-29(32)36)15-26(19-37)33(39)38-27-12-10-25(11-13-27)34(40)41-2/h4-18H,3,20-21H2,1-2H3,(H,38,39)/b26-15-. The zero-order chi connectivity index (χ0) is 31.5. The lowest BCUT2D eigenvalue weighted by Crippen LogP contribution is -2.13. The van der Waals surface area contributed by atoms with Gasteiger partial charge in [0.1, 0.15) is 30.6 Å². The van der Waals surface area contributed by atoms with Gasteiger partial charge in [-0.1, -0.05) is 36.4 Å². The van der Waals surface area contributed by atoms with Crippen LogP contribution in [0.1, 0.15) is 34.0 Å². The lowest BCUT2D eigenvalue weighted by atomic mass is 10.1. The highest BCUT2D eigenvalue weighted by Gasteiger charge is 2.14. The third-order valence-electron chi connectivity index (χ3n) is 6.19. The van der Waals surface area contributed by atoms with Gasteiger partial charge in [0.2, 0.25) is 0 Å². The zero-order valence-electron chi connectivity index (χ0n) is 23.9. The second-order valence-corrected chi connectivity index (χ2v) is 11.0. The zero-order valence-corrected chi connectivity index (χ0v) is 27.1. The van der Waals surface area contributed by atoms with Crippen molar-refractivity contribution in [1.29, 1.82) is 5.26 Å². The summed E-state index contributed by atoms with van der Waals surface area (Å²) in [7, 11) is 1.29. The minimum absolute atomic E-state index is 0.104. The number of hydrogen-bond acceptors (Lipinski definition) is 7. The number of rotatable bonds is 12. The van der Waals surface area contributed by atoms with Gasteiger partial charge in [-0.25, -0.2) is 4.79 Å². The Bertz CT molecular complexity index is 1680. The molecule has 10 heteroatoms. The number of amides is 1. The Hall–Kier alpha value is -4.59. The Morgan fingerprint density at radius 1 is 0.841 bits per heavy atom. The van der Waals surface area contributed by atoms with E-state index in [1.807, 2.05) is 61.5 Å². The number of anilines is 1. The number of nitrogens with zero attached hydrogens (tertiary/aromatic N) is 1. The topological polar surface area (TPSA) is 107 Å². The molecule has 224 valence electrons. The predicted octanol–water partition coefficient (Wildman–Crippen LogP) is 8.10. The average Bonchev–Trinajstić information content (AvgIpc) is 3.03. The molecular weight excluding hydrogens is 692 g/mol. The van der Waals surface area contributed by atoms with Crippen molar-refractivity contribution in [1.82, 2.24) is 0 Å². The lowest BCUT2D eigenvalue weighted by molar-refractivity contribution is -0.112. The molecular formula is C34H28Br2N2O6. The number of nitrogens with one attached hydrogen (secondary N) is 1. The van der Waals surface area contributed by atoms with Crippen LogP contribution in [0, 0.1) is 11.3 Å². The van der Waals surface area contributed by atoms with E-state index in [0.717, 1.165) is 11.1 Å². The van der Waals surface area contributed by atoms with E-state index < -0.39 is 11.9 Å². The van der Waals surface area contributed by atoms with Gasteiger partial charge in [0.25, 0.3) is 5.91 Å². The fourth-order valence-electron chi connectivity index (χ4n) is 4.04. The van der Waals surface area contributed by atoms with Crippen LogP contribution < -0.4 is 19.5 Å². The fraction of sp³-hybridized carbons (Fsp3) is 0.147. The van der Waals surface area contributed by atoms with Gasteiger partial charge >= 0.3 is 5.97 Å². The van der Waals surface area contributed by atoms with Gasteiger partial charge in [0, 0.05) is 5.69 Å². The Morgan fingerprint density at radius 2 is 1.52 bits per heavy atom. The molecule has 0 atom stereocenters. The highest BCUT2D eigenvalue weighted by molar-refractivity contribution is 9.11. The summed E-state index contributed by atoms with van der Waals surface area (Å²) >= 11 is 7.08. The first-order valence-electron chi connectivity index (χ1n) is 13.5. The summed E-state index contributed by atoms with van der Waals surface area (Å²) in [6.07, 6.45) is 1.47. The van der Waals surface area contributed by atoms with Crippen LogP contribution in [0.25, 0.3) is 6.08 Å². The first-order valence-corrected chi connectivity index (χ1v) is 15.1. The van der Waals surface area contributed by atoms with Crippen molar-refractivity contribution in [2.75, 3.05) is 19.0 Å². The molecule has 0 spiro atoms. The summed E-state index contributed by atoms with van der Waals surface area (Å²) in [6, 6.07) is 27.2. The maximum atomic E-state index is 12.8. The number of carbonyl (C=O) groups is 2. The monoisotopic (exact) mass is 718 g/mol. The van der Waals surface area contributed by atoms with Crippen LogP contribution in [0.4, 0.5) is 5.69 Å². The van der Waals surface area contributed by atoms with E-state index >= 15 is 0 Å². The molecule has 0 saturated carbocycles. The number of esters is 1. The van der Waals surface area contributed by atoms with Gasteiger partial charge in [-0.05, 0) is 110 Å². The molecule has 0 bridgehead atoms.